The van der Waals surface area contributed by atoms with Crippen molar-refractivity contribution in [1.82, 2.24) is 9.80 Å². The van der Waals surface area contributed by atoms with Crippen molar-refractivity contribution in [3.8, 4) is 11.1 Å². The van der Waals surface area contributed by atoms with E-state index in [1.807, 2.05) is 30.3 Å². The third-order valence-electron chi connectivity index (χ3n) is 7.16. The minimum absolute atomic E-state index is 0.193. The highest BCUT2D eigenvalue weighted by atomic mass is 79.9. The molecule has 0 atom stereocenters. The van der Waals surface area contributed by atoms with Gasteiger partial charge in [0.05, 0.1) is 11.1 Å². The highest BCUT2D eigenvalue weighted by molar-refractivity contribution is 9.10. The van der Waals surface area contributed by atoms with Crippen molar-refractivity contribution in [2.45, 2.75) is 19.3 Å². The zero-order valence-electron chi connectivity index (χ0n) is 22.1. The van der Waals surface area contributed by atoms with E-state index in [4.69, 9.17) is 0 Å². The van der Waals surface area contributed by atoms with Gasteiger partial charge in [0.25, 0.3) is 5.91 Å². The van der Waals surface area contributed by atoms with Crippen LogP contribution >= 0.6 is 15.9 Å². The van der Waals surface area contributed by atoms with Gasteiger partial charge in [0.2, 0.25) is 0 Å². The number of hydrogen-bond acceptors (Lipinski definition) is 3. The second-order valence-electron chi connectivity index (χ2n) is 10.1. The number of nitrogens with one attached hydrogen (secondary N) is 1. The molecule has 41 heavy (non-hydrogen) atoms. The number of nitrogens with zero attached hydrogens (tertiary/aromatic N) is 2. The molecule has 1 heterocycles. The van der Waals surface area contributed by atoms with E-state index in [1.165, 1.54) is 29.8 Å². The van der Waals surface area contributed by atoms with Gasteiger partial charge in [0.15, 0.2) is 0 Å². The van der Waals surface area contributed by atoms with Gasteiger partial charge in [0, 0.05) is 49.4 Å². The fourth-order valence-corrected chi connectivity index (χ4v) is 5.30. The average Bonchev–Trinajstić information content (AvgIpc) is 2.95. The van der Waals surface area contributed by atoms with Crippen LogP contribution in [0.25, 0.3) is 11.1 Å². The van der Waals surface area contributed by atoms with Crippen LogP contribution in [-0.2, 0) is 19.3 Å². The normalized spacial score (nSPS) is 14.7. The molecule has 9 heteroatoms. The van der Waals surface area contributed by atoms with Crippen molar-refractivity contribution in [3.05, 3.63) is 124 Å². The molecule has 0 aromatic heterocycles. The summed E-state index contributed by atoms with van der Waals surface area (Å²) < 4.78 is 55.2. The SMILES string of the molecule is O=C(Nc1cc(Br)ccc1CN1CCN(Cc2ccccc2)CC1)c1ccc(-c2cccc(C(F)(F)F)c2)cc1F. The predicted molar refractivity (Wildman–Crippen MR) is 156 cm³/mol. The van der Waals surface area contributed by atoms with Crippen LogP contribution in [0.1, 0.15) is 27.0 Å². The molecule has 0 bridgehead atoms. The van der Waals surface area contributed by atoms with E-state index in [2.05, 4.69) is 43.2 Å². The van der Waals surface area contributed by atoms with Gasteiger partial charge in [0.1, 0.15) is 5.82 Å². The quantitative estimate of drug-likeness (QED) is 0.213. The fourth-order valence-electron chi connectivity index (χ4n) is 4.93. The third-order valence-corrected chi connectivity index (χ3v) is 7.66. The Morgan fingerprint density at radius 2 is 1.46 bits per heavy atom. The molecular weight excluding hydrogens is 598 g/mol. The monoisotopic (exact) mass is 625 g/mol. The smallest absolute Gasteiger partial charge is 0.322 e. The molecule has 1 aliphatic heterocycles. The first-order valence-corrected chi connectivity index (χ1v) is 14.0. The number of anilines is 1. The molecule has 1 fully saturated rings. The number of piperazine rings is 1. The summed E-state index contributed by atoms with van der Waals surface area (Å²) >= 11 is 3.45. The molecule has 1 saturated heterocycles. The standard InChI is InChI=1S/C32H28BrF4N3O/c33-27-11-9-25(21-40-15-13-39(14-16-40)20-22-5-2-1-3-6-22)30(19-27)38-31(41)28-12-10-24(18-29(28)34)23-7-4-8-26(17-23)32(35,36)37/h1-12,17-19H,13-16,20-21H2,(H,38,41). The van der Waals surface area contributed by atoms with Crippen molar-refractivity contribution in [1.29, 1.82) is 0 Å². The maximum absolute atomic E-state index is 15.1. The van der Waals surface area contributed by atoms with E-state index >= 15 is 4.39 Å². The van der Waals surface area contributed by atoms with Crippen molar-refractivity contribution < 1.29 is 22.4 Å². The van der Waals surface area contributed by atoms with E-state index in [0.29, 0.717) is 12.2 Å². The Kier molecular flexibility index (Phi) is 8.87. The molecule has 0 radical (unpaired) electrons. The summed E-state index contributed by atoms with van der Waals surface area (Å²) in [6.07, 6.45) is -4.51. The maximum Gasteiger partial charge on any atom is 0.416 e. The summed E-state index contributed by atoms with van der Waals surface area (Å²) in [6, 6.07) is 24.5. The van der Waals surface area contributed by atoms with Crippen molar-refractivity contribution in [2.24, 2.45) is 0 Å². The number of amides is 1. The second kappa shape index (κ2) is 12.5. The third kappa shape index (κ3) is 7.41. The maximum atomic E-state index is 15.1. The molecule has 4 aromatic carbocycles. The second-order valence-corrected chi connectivity index (χ2v) is 11.0. The van der Waals surface area contributed by atoms with Gasteiger partial charge in [-0.05, 0) is 58.7 Å². The number of alkyl halides is 3. The van der Waals surface area contributed by atoms with E-state index in [9.17, 15) is 18.0 Å². The molecular formula is C32H28BrF4N3O. The van der Waals surface area contributed by atoms with Gasteiger partial charge in [-0.3, -0.25) is 14.6 Å². The highest BCUT2D eigenvalue weighted by Gasteiger charge is 2.30. The van der Waals surface area contributed by atoms with E-state index < -0.39 is 23.5 Å². The Morgan fingerprint density at radius 1 is 0.780 bits per heavy atom. The number of benzene rings is 4. The van der Waals surface area contributed by atoms with E-state index in [-0.39, 0.29) is 16.7 Å². The lowest BCUT2D eigenvalue weighted by Crippen LogP contribution is -2.45. The number of carbonyl (C=O) groups is 1. The topological polar surface area (TPSA) is 35.6 Å². The zero-order chi connectivity index (χ0) is 29.0. The van der Waals surface area contributed by atoms with E-state index in [0.717, 1.165) is 61.0 Å². The summed E-state index contributed by atoms with van der Waals surface area (Å²) in [7, 11) is 0. The Morgan fingerprint density at radius 3 is 2.15 bits per heavy atom. The number of halogens is 5. The van der Waals surface area contributed by atoms with Crippen LogP contribution in [-0.4, -0.2) is 41.9 Å². The van der Waals surface area contributed by atoms with Crippen LogP contribution < -0.4 is 5.32 Å². The van der Waals surface area contributed by atoms with Gasteiger partial charge < -0.3 is 5.32 Å². The van der Waals surface area contributed by atoms with Crippen LogP contribution in [0.4, 0.5) is 23.2 Å². The van der Waals surface area contributed by atoms with Gasteiger partial charge >= 0.3 is 6.18 Å². The number of rotatable bonds is 7. The minimum atomic E-state index is -4.51. The van der Waals surface area contributed by atoms with Crippen LogP contribution in [0.15, 0.2) is 95.5 Å². The Labute approximate surface area is 244 Å². The molecule has 4 aromatic rings. The minimum Gasteiger partial charge on any atom is -0.322 e. The molecule has 1 aliphatic rings. The number of hydrogen-bond donors (Lipinski definition) is 1. The van der Waals surface area contributed by atoms with Gasteiger partial charge in [-0.1, -0.05) is 70.5 Å². The van der Waals surface area contributed by atoms with Gasteiger partial charge in [-0.25, -0.2) is 4.39 Å². The Hall–Kier alpha value is -3.53. The summed E-state index contributed by atoms with van der Waals surface area (Å²) in [5.41, 5.74) is 2.20. The molecule has 0 unspecified atom stereocenters. The summed E-state index contributed by atoms with van der Waals surface area (Å²) in [5, 5.41) is 2.83. The molecule has 212 valence electrons. The van der Waals surface area contributed by atoms with Crippen LogP contribution in [0.3, 0.4) is 0 Å². The average molecular weight is 626 g/mol. The zero-order valence-corrected chi connectivity index (χ0v) is 23.7. The lowest BCUT2D eigenvalue weighted by atomic mass is 10.0. The molecule has 1 N–H and O–H groups in total. The molecule has 5 rings (SSSR count). The van der Waals surface area contributed by atoms with Crippen LogP contribution in [0, 0.1) is 5.82 Å². The lowest BCUT2D eigenvalue weighted by Gasteiger charge is -2.35. The highest BCUT2D eigenvalue weighted by Crippen LogP contribution is 2.33. The fraction of sp³-hybridized carbons (Fsp3) is 0.219. The Balaban J connectivity index is 1.25. The largest absolute Gasteiger partial charge is 0.416 e. The van der Waals surface area contributed by atoms with Gasteiger partial charge in [-0.15, -0.1) is 0 Å². The molecule has 0 spiro atoms. The molecule has 1 amide bonds. The first-order valence-electron chi connectivity index (χ1n) is 13.2. The van der Waals surface area contributed by atoms with Crippen molar-refractivity contribution in [2.75, 3.05) is 31.5 Å². The van der Waals surface area contributed by atoms with Crippen molar-refractivity contribution in [3.63, 3.8) is 0 Å². The first-order chi connectivity index (χ1) is 19.7. The Bertz CT molecular complexity index is 1520. The predicted octanol–water partition coefficient (Wildman–Crippen LogP) is 7.84. The summed E-state index contributed by atoms with van der Waals surface area (Å²) in [5.74, 6) is -1.45. The van der Waals surface area contributed by atoms with Crippen molar-refractivity contribution >= 4 is 27.5 Å². The van der Waals surface area contributed by atoms with Crippen LogP contribution in [0.2, 0.25) is 0 Å². The molecule has 0 saturated carbocycles. The lowest BCUT2D eigenvalue weighted by molar-refractivity contribution is -0.137. The molecule has 4 nitrogen and oxygen atoms in total. The first kappa shape index (κ1) is 29.0. The van der Waals surface area contributed by atoms with E-state index in [1.54, 1.807) is 6.07 Å². The summed E-state index contributed by atoms with van der Waals surface area (Å²) in [4.78, 5) is 17.8. The number of carbonyl (C=O) groups excluding carboxylic acids is 1. The molecule has 0 aliphatic carbocycles. The van der Waals surface area contributed by atoms with Crippen LogP contribution in [0.5, 0.6) is 0 Å². The van der Waals surface area contributed by atoms with Gasteiger partial charge in [-0.2, -0.15) is 13.2 Å². The summed E-state index contributed by atoms with van der Waals surface area (Å²) in [6.45, 7) is 5.14.